The van der Waals surface area contributed by atoms with Gasteiger partial charge in [-0.05, 0) is 43.5 Å². The fourth-order valence-corrected chi connectivity index (χ4v) is 4.38. The maximum Gasteiger partial charge on any atom is 0.244 e. The molecule has 0 aliphatic heterocycles. The van der Waals surface area contributed by atoms with Crippen molar-refractivity contribution < 1.29 is 22.4 Å². The van der Waals surface area contributed by atoms with Crippen molar-refractivity contribution in [1.29, 1.82) is 0 Å². The van der Waals surface area contributed by atoms with Gasteiger partial charge in [-0.15, -0.1) is 0 Å². The smallest absolute Gasteiger partial charge is 0.244 e. The first kappa shape index (κ1) is 27.6. The molecule has 0 aliphatic carbocycles. The number of halogens is 2. The number of hydrogen-bond donors (Lipinski definition) is 1. The predicted molar refractivity (Wildman–Crippen MR) is 133 cm³/mol. The molecule has 2 amide bonds. The molecule has 2 rings (SSSR count). The van der Waals surface area contributed by atoms with E-state index in [0.29, 0.717) is 17.1 Å². The van der Waals surface area contributed by atoms with Gasteiger partial charge < -0.3 is 10.2 Å². The van der Waals surface area contributed by atoms with E-state index in [2.05, 4.69) is 5.32 Å². The highest BCUT2D eigenvalue weighted by atomic mass is 35.5. The monoisotopic (exact) mass is 511 g/mol. The number of amides is 2. The summed E-state index contributed by atoms with van der Waals surface area (Å²) in [6.45, 7) is 6.69. The summed E-state index contributed by atoms with van der Waals surface area (Å²) in [6.07, 6.45) is 0.987. The molecule has 10 heteroatoms. The number of carbonyl (C=O) groups excluding carboxylic acids is 2. The van der Waals surface area contributed by atoms with E-state index in [4.69, 9.17) is 11.6 Å². The Balaban J connectivity index is 2.43. The first-order valence-corrected chi connectivity index (χ1v) is 13.1. The Bertz CT molecular complexity index is 1140. The van der Waals surface area contributed by atoms with Crippen LogP contribution in [0.3, 0.4) is 0 Å². The van der Waals surface area contributed by atoms with Crippen molar-refractivity contribution in [3.63, 3.8) is 0 Å². The normalized spacial score (nSPS) is 12.4. The molecule has 1 unspecified atom stereocenters. The molecule has 186 valence electrons. The number of rotatable bonds is 10. The molecule has 0 aliphatic rings. The lowest BCUT2D eigenvalue weighted by Crippen LogP contribution is -2.51. The lowest BCUT2D eigenvalue weighted by atomic mass is 10.1. The van der Waals surface area contributed by atoms with Crippen LogP contribution >= 0.6 is 11.6 Å². The van der Waals surface area contributed by atoms with Gasteiger partial charge in [-0.2, -0.15) is 0 Å². The second kappa shape index (κ2) is 11.7. The van der Waals surface area contributed by atoms with Crippen molar-refractivity contribution in [3.05, 3.63) is 64.4 Å². The predicted octanol–water partition coefficient (Wildman–Crippen LogP) is 3.74. The van der Waals surface area contributed by atoms with E-state index >= 15 is 0 Å². The molecule has 0 radical (unpaired) electrons. The van der Waals surface area contributed by atoms with Crippen LogP contribution in [0.2, 0.25) is 5.02 Å². The van der Waals surface area contributed by atoms with Crippen molar-refractivity contribution >= 4 is 39.1 Å². The number of nitrogens with zero attached hydrogens (tertiary/aromatic N) is 2. The van der Waals surface area contributed by atoms with Gasteiger partial charge in [-0.3, -0.25) is 13.9 Å². The Morgan fingerprint density at radius 3 is 2.32 bits per heavy atom. The number of anilines is 1. The van der Waals surface area contributed by atoms with Crippen LogP contribution in [-0.2, 0) is 26.2 Å². The summed E-state index contributed by atoms with van der Waals surface area (Å²) in [5.41, 5.74) is 0.959. The van der Waals surface area contributed by atoms with Crippen molar-refractivity contribution in [2.45, 2.75) is 40.3 Å². The van der Waals surface area contributed by atoms with Gasteiger partial charge in [0.2, 0.25) is 21.8 Å². The molecule has 0 heterocycles. The molecule has 34 heavy (non-hydrogen) atoms. The van der Waals surface area contributed by atoms with Crippen LogP contribution in [0.15, 0.2) is 42.5 Å². The highest BCUT2D eigenvalue weighted by molar-refractivity contribution is 7.92. The van der Waals surface area contributed by atoms with Crippen molar-refractivity contribution in [1.82, 2.24) is 10.2 Å². The van der Waals surface area contributed by atoms with Gasteiger partial charge in [-0.25, -0.2) is 12.8 Å². The average molecular weight is 512 g/mol. The summed E-state index contributed by atoms with van der Waals surface area (Å²) < 4.78 is 40.6. The molecule has 2 aromatic carbocycles. The molecule has 0 saturated carbocycles. The van der Waals surface area contributed by atoms with Gasteiger partial charge in [0.1, 0.15) is 18.4 Å². The van der Waals surface area contributed by atoms with E-state index < -0.39 is 40.2 Å². The van der Waals surface area contributed by atoms with E-state index in [9.17, 15) is 22.4 Å². The molecule has 0 bridgehead atoms. The standard InChI is InChI=1S/C24H31ClFN3O4S/c1-16(2)13-27-24(31)18(4)28(14-19-9-6-7-11-21(19)26)23(30)15-29(34(5,32)33)22-12-8-10-20(25)17(22)3/h6-12,16,18H,13-15H2,1-5H3,(H,27,31). The molecule has 1 N–H and O–H groups in total. The second-order valence-corrected chi connectivity index (χ2v) is 10.9. The van der Waals surface area contributed by atoms with E-state index in [-0.39, 0.29) is 23.7 Å². The van der Waals surface area contributed by atoms with E-state index in [0.717, 1.165) is 10.6 Å². The van der Waals surface area contributed by atoms with E-state index in [1.807, 2.05) is 13.8 Å². The van der Waals surface area contributed by atoms with Crippen LogP contribution in [-0.4, -0.2) is 50.5 Å². The summed E-state index contributed by atoms with van der Waals surface area (Å²) in [4.78, 5) is 27.4. The number of hydrogen-bond acceptors (Lipinski definition) is 4. The number of carbonyl (C=O) groups is 2. The Morgan fingerprint density at radius 2 is 1.74 bits per heavy atom. The zero-order chi connectivity index (χ0) is 25.6. The first-order chi connectivity index (χ1) is 15.8. The molecular weight excluding hydrogens is 481 g/mol. The summed E-state index contributed by atoms with van der Waals surface area (Å²) in [5, 5.41) is 3.12. The molecule has 0 aromatic heterocycles. The minimum Gasteiger partial charge on any atom is -0.354 e. The van der Waals surface area contributed by atoms with Crippen LogP contribution in [0.4, 0.5) is 10.1 Å². The third kappa shape index (κ3) is 7.17. The van der Waals surface area contributed by atoms with Crippen LogP contribution in [0.5, 0.6) is 0 Å². The maximum atomic E-state index is 14.4. The summed E-state index contributed by atoms with van der Waals surface area (Å²) in [7, 11) is -3.88. The number of benzene rings is 2. The van der Waals surface area contributed by atoms with E-state index in [1.165, 1.54) is 30.0 Å². The first-order valence-electron chi connectivity index (χ1n) is 10.9. The summed E-state index contributed by atoms with van der Waals surface area (Å²) in [5.74, 6) is -1.40. The minimum absolute atomic E-state index is 0.193. The molecule has 0 fully saturated rings. The number of nitrogens with one attached hydrogen (secondary N) is 1. The van der Waals surface area contributed by atoms with Crippen LogP contribution in [0, 0.1) is 18.7 Å². The molecular formula is C24H31ClFN3O4S. The highest BCUT2D eigenvalue weighted by Crippen LogP contribution is 2.28. The summed E-state index contributed by atoms with van der Waals surface area (Å²) in [6, 6.07) is 9.73. The van der Waals surface area contributed by atoms with Crippen LogP contribution in [0.1, 0.15) is 31.9 Å². The van der Waals surface area contributed by atoms with E-state index in [1.54, 1.807) is 31.2 Å². The molecule has 2 aromatic rings. The lowest BCUT2D eigenvalue weighted by molar-refractivity contribution is -0.139. The Kier molecular flexibility index (Phi) is 9.46. The Hall–Kier alpha value is -2.65. The third-order valence-electron chi connectivity index (χ3n) is 5.34. The maximum absolute atomic E-state index is 14.4. The fourth-order valence-electron chi connectivity index (χ4n) is 3.31. The third-order valence-corrected chi connectivity index (χ3v) is 6.87. The zero-order valence-corrected chi connectivity index (χ0v) is 21.6. The van der Waals surface area contributed by atoms with Gasteiger partial charge in [0.15, 0.2) is 0 Å². The summed E-state index contributed by atoms with van der Waals surface area (Å²) >= 11 is 6.17. The fraction of sp³-hybridized carbons (Fsp3) is 0.417. The van der Waals surface area contributed by atoms with Gasteiger partial charge >= 0.3 is 0 Å². The lowest BCUT2D eigenvalue weighted by Gasteiger charge is -2.32. The Labute approximate surface area is 205 Å². The van der Waals surface area contributed by atoms with Gasteiger partial charge in [0.05, 0.1) is 11.9 Å². The SMILES string of the molecule is Cc1c(Cl)cccc1N(CC(=O)N(Cc1ccccc1F)C(C)C(=O)NCC(C)C)S(C)(=O)=O. The van der Waals surface area contributed by atoms with Gasteiger partial charge in [0, 0.05) is 23.7 Å². The van der Waals surface area contributed by atoms with Crippen molar-refractivity contribution in [2.75, 3.05) is 23.7 Å². The molecule has 1 atom stereocenters. The van der Waals surface area contributed by atoms with Gasteiger partial charge in [-0.1, -0.05) is 49.7 Å². The quantitative estimate of drug-likeness (QED) is 0.526. The van der Waals surface area contributed by atoms with Crippen molar-refractivity contribution in [3.8, 4) is 0 Å². The second-order valence-electron chi connectivity index (χ2n) is 8.58. The zero-order valence-electron chi connectivity index (χ0n) is 20.0. The highest BCUT2D eigenvalue weighted by Gasteiger charge is 2.31. The van der Waals surface area contributed by atoms with Crippen LogP contribution in [0.25, 0.3) is 0 Å². The molecule has 7 nitrogen and oxygen atoms in total. The van der Waals surface area contributed by atoms with Gasteiger partial charge in [0.25, 0.3) is 0 Å². The average Bonchev–Trinajstić information content (AvgIpc) is 2.76. The number of sulfonamides is 1. The van der Waals surface area contributed by atoms with Crippen molar-refractivity contribution in [2.24, 2.45) is 5.92 Å². The largest absolute Gasteiger partial charge is 0.354 e. The molecule has 0 spiro atoms. The topological polar surface area (TPSA) is 86.8 Å². The molecule has 0 saturated heterocycles. The minimum atomic E-state index is -3.88. The Morgan fingerprint density at radius 1 is 1.09 bits per heavy atom. The van der Waals surface area contributed by atoms with Crippen LogP contribution < -0.4 is 9.62 Å².